The van der Waals surface area contributed by atoms with Gasteiger partial charge in [0.1, 0.15) is 11.4 Å². The molecule has 6 heteroatoms. The summed E-state index contributed by atoms with van der Waals surface area (Å²) < 4.78 is 0. The first-order valence-corrected chi connectivity index (χ1v) is 7.44. The van der Waals surface area contributed by atoms with Gasteiger partial charge < -0.3 is 10.4 Å². The molecule has 1 aliphatic heterocycles. The Balaban J connectivity index is 1.87. The number of nitrogens with one attached hydrogen (secondary N) is 1. The van der Waals surface area contributed by atoms with Gasteiger partial charge in [-0.05, 0) is 54.6 Å². The summed E-state index contributed by atoms with van der Waals surface area (Å²) in [5.41, 5.74) is 2.12. The number of thioether (sulfide) groups is 1. The average molecular weight is 311 g/mol. The van der Waals surface area contributed by atoms with E-state index in [-0.39, 0.29) is 11.7 Å². The van der Waals surface area contributed by atoms with Crippen molar-refractivity contribution >= 4 is 34.6 Å². The topological polar surface area (TPSA) is 74.6 Å². The largest absolute Gasteiger partial charge is 0.506 e. The normalized spacial score (nSPS) is 18.0. The number of rotatable bonds is 2. The van der Waals surface area contributed by atoms with Crippen LogP contribution in [-0.4, -0.2) is 21.2 Å². The van der Waals surface area contributed by atoms with E-state index in [1.807, 2.05) is 25.1 Å². The van der Waals surface area contributed by atoms with Crippen molar-refractivity contribution in [1.29, 1.82) is 0 Å². The Labute approximate surface area is 131 Å². The number of phenols is 1. The van der Waals surface area contributed by atoms with E-state index < -0.39 is 0 Å². The fraction of sp³-hybridized carbons (Fsp3) is 0.0625. The highest BCUT2D eigenvalue weighted by Gasteiger charge is 2.24. The molecule has 1 aromatic carbocycles. The molecule has 2 heterocycles. The van der Waals surface area contributed by atoms with Gasteiger partial charge in [0.2, 0.25) is 0 Å². The van der Waals surface area contributed by atoms with E-state index in [0.29, 0.717) is 21.5 Å². The van der Waals surface area contributed by atoms with E-state index in [9.17, 15) is 9.90 Å². The van der Waals surface area contributed by atoms with Crippen molar-refractivity contribution < 1.29 is 9.90 Å². The standard InChI is InChI=1S/C16H13N3O2S/c1-10-5-6-13(20)12(8-10)18-16-19-15(21)14(22-16)9-11-4-2-3-7-17-11/h2-9,20H,1H3,(H,18,19,21)/b14-9-. The number of aromatic hydroxyl groups is 1. The lowest BCUT2D eigenvalue weighted by Crippen LogP contribution is -2.19. The Kier molecular flexibility index (Phi) is 3.93. The van der Waals surface area contributed by atoms with Crippen LogP contribution in [0.25, 0.3) is 6.08 Å². The number of carbonyl (C=O) groups is 1. The third-order valence-electron chi connectivity index (χ3n) is 2.97. The lowest BCUT2D eigenvalue weighted by molar-refractivity contribution is -0.115. The van der Waals surface area contributed by atoms with Crippen molar-refractivity contribution in [2.45, 2.75) is 6.92 Å². The second-order valence-corrected chi connectivity index (χ2v) is 5.76. The lowest BCUT2D eigenvalue weighted by Gasteiger charge is -2.01. The molecule has 1 aliphatic rings. The van der Waals surface area contributed by atoms with Crippen LogP contribution in [0.4, 0.5) is 5.69 Å². The zero-order valence-corrected chi connectivity index (χ0v) is 12.6. The zero-order valence-electron chi connectivity index (χ0n) is 11.8. The minimum Gasteiger partial charge on any atom is -0.506 e. The van der Waals surface area contributed by atoms with Gasteiger partial charge in [-0.25, -0.2) is 4.99 Å². The predicted octanol–water partition coefficient (Wildman–Crippen LogP) is 2.99. The van der Waals surface area contributed by atoms with Crippen LogP contribution in [0.15, 0.2) is 52.5 Å². The molecule has 2 aromatic rings. The number of amidine groups is 1. The number of phenolic OH excluding ortho intramolecular Hbond substituents is 1. The quantitative estimate of drug-likeness (QED) is 0.836. The van der Waals surface area contributed by atoms with Crippen LogP contribution in [-0.2, 0) is 4.79 Å². The van der Waals surface area contributed by atoms with Gasteiger partial charge in [-0.1, -0.05) is 12.1 Å². The van der Waals surface area contributed by atoms with Crippen LogP contribution in [0.1, 0.15) is 11.3 Å². The molecule has 0 radical (unpaired) electrons. The minimum atomic E-state index is -0.221. The van der Waals surface area contributed by atoms with Crippen LogP contribution in [0.5, 0.6) is 5.75 Å². The summed E-state index contributed by atoms with van der Waals surface area (Å²) >= 11 is 1.22. The first kappa shape index (κ1) is 14.3. The van der Waals surface area contributed by atoms with Gasteiger partial charge in [0.05, 0.1) is 10.6 Å². The van der Waals surface area contributed by atoms with Crippen LogP contribution < -0.4 is 5.32 Å². The molecule has 1 fully saturated rings. The van der Waals surface area contributed by atoms with Crippen molar-refractivity contribution in [2.75, 3.05) is 0 Å². The summed E-state index contributed by atoms with van der Waals surface area (Å²) in [7, 11) is 0. The maximum Gasteiger partial charge on any atom is 0.264 e. The molecular formula is C16H13N3O2S. The molecule has 3 rings (SSSR count). The molecule has 22 heavy (non-hydrogen) atoms. The minimum absolute atomic E-state index is 0.0788. The third kappa shape index (κ3) is 3.17. The van der Waals surface area contributed by atoms with Crippen LogP contribution in [0.2, 0.25) is 0 Å². The molecule has 1 aromatic heterocycles. The Morgan fingerprint density at radius 3 is 2.95 bits per heavy atom. The fourth-order valence-corrected chi connectivity index (χ4v) is 2.73. The third-order valence-corrected chi connectivity index (χ3v) is 3.88. The highest BCUT2D eigenvalue weighted by molar-refractivity contribution is 8.18. The summed E-state index contributed by atoms with van der Waals surface area (Å²) in [5, 5.41) is 12.9. The molecule has 0 atom stereocenters. The number of aromatic nitrogens is 1. The number of amides is 1. The molecule has 0 unspecified atom stereocenters. The fourth-order valence-electron chi connectivity index (χ4n) is 1.91. The second kappa shape index (κ2) is 6.03. The number of benzene rings is 1. The highest BCUT2D eigenvalue weighted by atomic mass is 32.2. The number of pyridine rings is 1. The van der Waals surface area contributed by atoms with Crippen molar-refractivity contribution in [2.24, 2.45) is 4.99 Å². The van der Waals surface area contributed by atoms with E-state index in [2.05, 4.69) is 15.3 Å². The molecule has 1 saturated heterocycles. The summed E-state index contributed by atoms with van der Waals surface area (Å²) in [6.45, 7) is 1.91. The number of nitrogens with zero attached hydrogens (tertiary/aromatic N) is 2. The maximum atomic E-state index is 12.0. The molecule has 5 nitrogen and oxygen atoms in total. The van der Waals surface area contributed by atoms with Crippen molar-refractivity contribution in [3.05, 3.63) is 58.8 Å². The van der Waals surface area contributed by atoms with Gasteiger partial charge in [-0.15, -0.1) is 0 Å². The molecule has 1 amide bonds. The Morgan fingerprint density at radius 1 is 1.32 bits per heavy atom. The summed E-state index contributed by atoms with van der Waals surface area (Å²) in [6, 6.07) is 10.6. The number of aliphatic imine (C=N–C) groups is 1. The first-order valence-electron chi connectivity index (χ1n) is 6.62. The summed E-state index contributed by atoms with van der Waals surface area (Å²) in [5.74, 6) is -0.142. The van der Waals surface area contributed by atoms with Gasteiger partial charge in [0.25, 0.3) is 5.91 Å². The van der Waals surface area contributed by atoms with E-state index in [4.69, 9.17) is 0 Å². The van der Waals surface area contributed by atoms with Crippen molar-refractivity contribution in [3.63, 3.8) is 0 Å². The molecule has 0 spiro atoms. The molecule has 0 bridgehead atoms. The number of hydrogen-bond donors (Lipinski definition) is 2. The van der Waals surface area contributed by atoms with Crippen molar-refractivity contribution in [1.82, 2.24) is 10.3 Å². The smallest absolute Gasteiger partial charge is 0.264 e. The van der Waals surface area contributed by atoms with Gasteiger partial charge in [-0.2, -0.15) is 0 Å². The van der Waals surface area contributed by atoms with Crippen LogP contribution in [0.3, 0.4) is 0 Å². The molecule has 110 valence electrons. The van der Waals surface area contributed by atoms with E-state index in [1.54, 1.807) is 30.5 Å². The van der Waals surface area contributed by atoms with Crippen LogP contribution in [0, 0.1) is 6.92 Å². The van der Waals surface area contributed by atoms with Gasteiger partial charge in [0.15, 0.2) is 5.17 Å². The number of aryl methyl sites for hydroxylation is 1. The van der Waals surface area contributed by atoms with E-state index in [1.165, 1.54) is 11.8 Å². The SMILES string of the molecule is Cc1ccc(O)c(N=C2NC(=O)/C(=C/c3ccccn3)S2)c1. The predicted molar refractivity (Wildman–Crippen MR) is 87.9 cm³/mol. The summed E-state index contributed by atoms with van der Waals surface area (Å²) in [4.78, 5) is 20.9. The number of hydrogen-bond acceptors (Lipinski definition) is 5. The first-order chi connectivity index (χ1) is 10.6. The number of carbonyl (C=O) groups excluding carboxylic acids is 1. The van der Waals surface area contributed by atoms with E-state index in [0.717, 1.165) is 5.56 Å². The highest BCUT2D eigenvalue weighted by Crippen LogP contribution is 2.31. The molecule has 0 aliphatic carbocycles. The van der Waals surface area contributed by atoms with Gasteiger partial charge >= 0.3 is 0 Å². The lowest BCUT2D eigenvalue weighted by atomic mass is 10.2. The van der Waals surface area contributed by atoms with Gasteiger partial charge in [0, 0.05) is 6.20 Å². The second-order valence-electron chi connectivity index (χ2n) is 4.73. The van der Waals surface area contributed by atoms with Gasteiger partial charge in [-0.3, -0.25) is 9.78 Å². The average Bonchev–Trinajstić information content (AvgIpc) is 2.84. The van der Waals surface area contributed by atoms with Crippen LogP contribution >= 0.6 is 11.8 Å². The Hall–Kier alpha value is -2.60. The zero-order chi connectivity index (χ0) is 15.5. The van der Waals surface area contributed by atoms with E-state index >= 15 is 0 Å². The Morgan fingerprint density at radius 2 is 2.18 bits per heavy atom. The van der Waals surface area contributed by atoms with Crippen molar-refractivity contribution in [3.8, 4) is 5.75 Å². The molecular weight excluding hydrogens is 298 g/mol. The molecule has 2 N–H and O–H groups in total. The maximum absolute atomic E-state index is 12.0. The monoisotopic (exact) mass is 311 g/mol. The summed E-state index contributed by atoms with van der Waals surface area (Å²) in [6.07, 6.45) is 3.38. The molecule has 0 saturated carbocycles. The Bertz CT molecular complexity index is 785.